The number of hydrogen-bond acceptors (Lipinski definition) is 2. The predicted molar refractivity (Wildman–Crippen MR) is 80.8 cm³/mol. The van der Waals surface area contributed by atoms with Crippen LogP contribution < -0.4 is 5.32 Å². The van der Waals surface area contributed by atoms with E-state index in [-0.39, 0.29) is 5.91 Å². The third-order valence-electron chi connectivity index (χ3n) is 3.39. The average Bonchev–Trinajstić information content (AvgIpc) is 2.49. The molecule has 2 aromatic rings. The number of rotatable bonds is 5. The Hall–Kier alpha value is -2.16. The van der Waals surface area contributed by atoms with E-state index >= 15 is 0 Å². The van der Waals surface area contributed by atoms with Crippen LogP contribution in [0, 0.1) is 6.92 Å². The summed E-state index contributed by atoms with van der Waals surface area (Å²) in [4.78, 5) is 16.3. The van der Waals surface area contributed by atoms with Crippen LogP contribution in [0.2, 0.25) is 0 Å². The minimum Gasteiger partial charge on any atom is -0.350 e. The van der Waals surface area contributed by atoms with Gasteiger partial charge < -0.3 is 5.32 Å². The topological polar surface area (TPSA) is 42.0 Å². The summed E-state index contributed by atoms with van der Waals surface area (Å²) in [5, 5.41) is 2.97. The Labute approximate surface area is 120 Å². The number of aromatic nitrogens is 1. The Kier molecular flexibility index (Phi) is 4.88. The molecule has 0 bridgehead atoms. The standard InChI is InChI=1S/C17H20N2O/c1-3-14(15-9-5-4-6-10-15)12-18-17(20)16-11-7-8-13(2)19-16/h4-11,14H,3,12H2,1-2H3,(H,18,20). The first-order chi connectivity index (χ1) is 9.70. The molecule has 1 N–H and O–H groups in total. The lowest BCUT2D eigenvalue weighted by atomic mass is 9.96. The Morgan fingerprint density at radius 2 is 1.90 bits per heavy atom. The van der Waals surface area contributed by atoms with Crippen LogP contribution in [0.15, 0.2) is 48.5 Å². The average molecular weight is 268 g/mol. The van der Waals surface area contributed by atoms with Gasteiger partial charge in [0, 0.05) is 18.2 Å². The summed E-state index contributed by atoms with van der Waals surface area (Å²) in [6.07, 6.45) is 0.992. The largest absolute Gasteiger partial charge is 0.350 e. The molecule has 0 aliphatic heterocycles. The zero-order chi connectivity index (χ0) is 14.4. The van der Waals surface area contributed by atoms with Crippen LogP contribution in [-0.4, -0.2) is 17.4 Å². The van der Waals surface area contributed by atoms with Crippen molar-refractivity contribution in [3.8, 4) is 0 Å². The quantitative estimate of drug-likeness (QED) is 0.904. The molecule has 1 atom stereocenters. The van der Waals surface area contributed by atoms with Gasteiger partial charge in [-0.05, 0) is 31.0 Å². The van der Waals surface area contributed by atoms with Crippen LogP contribution in [0.1, 0.15) is 41.0 Å². The van der Waals surface area contributed by atoms with Crippen LogP contribution >= 0.6 is 0 Å². The summed E-state index contributed by atoms with van der Waals surface area (Å²) in [6, 6.07) is 15.7. The van der Waals surface area contributed by atoms with Gasteiger partial charge >= 0.3 is 0 Å². The fraction of sp³-hybridized carbons (Fsp3) is 0.294. The number of benzene rings is 1. The first-order valence-electron chi connectivity index (χ1n) is 6.97. The summed E-state index contributed by atoms with van der Waals surface area (Å²) < 4.78 is 0. The van der Waals surface area contributed by atoms with E-state index in [1.165, 1.54) is 5.56 Å². The van der Waals surface area contributed by atoms with E-state index in [1.54, 1.807) is 6.07 Å². The van der Waals surface area contributed by atoms with Gasteiger partial charge in [0.15, 0.2) is 0 Å². The fourth-order valence-corrected chi connectivity index (χ4v) is 2.20. The molecular formula is C17H20N2O. The van der Waals surface area contributed by atoms with Gasteiger partial charge in [-0.1, -0.05) is 43.3 Å². The van der Waals surface area contributed by atoms with Crippen molar-refractivity contribution in [2.75, 3.05) is 6.54 Å². The highest BCUT2D eigenvalue weighted by molar-refractivity contribution is 5.92. The highest BCUT2D eigenvalue weighted by atomic mass is 16.1. The smallest absolute Gasteiger partial charge is 0.269 e. The molecule has 0 saturated carbocycles. The van der Waals surface area contributed by atoms with Gasteiger partial charge in [-0.25, -0.2) is 4.98 Å². The Bertz CT molecular complexity index is 566. The number of carbonyl (C=O) groups excluding carboxylic acids is 1. The van der Waals surface area contributed by atoms with E-state index in [0.29, 0.717) is 18.2 Å². The minimum absolute atomic E-state index is 0.108. The maximum atomic E-state index is 12.1. The molecule has 0 aliphatic carbocycles. The number of nitrogens with zero attached hydrogens (tertiary/aromatic N) is 1. The van der Waals surface area contributed by atoms with Gasteiger partial charge in [-0.15, -0.1) is 0 Å². The van der Waals surface area contributed by atoms with Gasteiger partial charge in [-0.2, -0.15) is 0 Å². The van der Waals surface area contributed by atoms with Crippen LogP contribution in [0.4, 0.5) is 0 Å². The summed E-state index contributed by atoms with van der Waals surface area (Å²) in [6.45, 7) is 4.65. The molecule has 3 nitrogen and oxygen atoms in total. The summed E-state index contributed by atoms with van der Waals surface area (Å²) >= 11 is 0. The lowest BCUT2D eigenvalue weighted by molar-refractivity contribution is 0.0945. The molecule has 2 rings (SSSR count). The molecular weight excluding hydrogens is 248 g/mol. The molecule has 3 heteroatoms. The van der Waals surface area contributed by atoms with E-state index in [4.69, 9.17) is 0 Å². The van der Waals surface area contributed by atoms with E-state index in [2.05, 4.69) is 29.4 Å². The lowest BCUT2D eigenvalue weighted by Crippen LogP contribution is -2.29. The van der Waals surface area contributed by atoms with Crippen LogP contribution in [0.25, 0.3) is 0 Å². The normalized spacial score (nSPS) is 11.9. The zero-order valence-electron chi connectivity index (χ0n) is 12.0. The van der Waals surface area contributed by atoms with E-state index < -0.39 is 0 Å². The van der Waals surface area contributed by atoms with E-state index in [1.807, 2.05) is 37.3 Å². The molecule has 0 fully saturated rings. The third kappa shape index (κ3) is 3.67. The van der Waals surface area contributed by atoms with Crippen molar-refractivity contribution >= 4 is 5.91 Å². The first kappa shape index (κ1) is 14.3. The number of nitrogens with one attached hydrogen (secondary N) is 1. The molecule has 1 unspecified atom stereocenters. The van der Waals surface area contributed by atoms with Gasteiger partial charge in [0.25, 0.3) is 5.91 Å². The molecule has 104 valence electrons. The van der Waals surface area contributed by atoms with Crippen LogP contribution in [0.3, 0.4) is 0 Å². The number of aryl methyl sites for hydroxylation is 1. The molecule has 0 spiro atoms. The Balaban J connectivity index is 1.98. The highest BCUT2D eigenvalue weighted by Crippen LogP contribution is 2.18. The maximum absolute atomic E-state index is 12.1. The number of hydrogen-bond donors (Lipinski definition) is 1. The van der Waals surface area contributed by atoms with Gasteiger partial charge in [0.05, 0.1) is 0 Å². The molecule has 1 aromatic carbocycles. The summed E-state index contributed by atoms with van der Waals surface area (Å²) in [5.41, 5.74) is 2.59. The van der Waals surface area contributed by atoms with Crippen molar-refractivity contribution in [1.29, 1.82) is 0 Å². The van der Waals surface area contributed by atoms with Crippen molar-refractivity contribution in [3.05, 3.63) is 65.5 Å². The van der Waals surface area contributed by atoms with E-state index in [9.17, 15) is 4.79 Å². The summed E-state index contributed by atoms with van der Waals surface area (Å²) in [5.74, 6) is 0.230. The Morgan fingerprint density at radius 1 is 1.15 bits per heavy atom. The molecule has 20 heavy (non-hydrogen) atoms. The number of carbonyl (C=O) groups is 1. The Morgan fingerprint density at radius 3 is 2.55 bits per heavy atom. The molecule has 0 aliphatic rings. The van der Waals surface area contributed by atoms with Gasteiger partial charge in [0.1, 0.15) is 5.69 Å². The second-order valence-electron chi connectivity index (χ2n) is 4.89. The molecule has 1 amide bonds. The van der Waals surface area contributed by atoms with Crippen molar-refractivity contribution < 1.29 is 4.79 Å². The second-order valence-corrected chi connectivity index (χ2v) is 4.89. The van der Waals surface area contributed by atoms with Crippen molar-refractivity contribution in [1.82, 2.24) is 10.3 Å². The SMILES string of the molecule is CCC(CNC(=O)c1cccc(C)n1)c1ccccc1. The van der Waals surface area contributed by atoms with Crippen molar-refractivity contribution in [2.24, 2.45) is 0 Å². The molecule has 0 radical (unpaired) electrons. The predicted octanol–water partition coefficient (Wildman–Crippen LogP) is 3.31. The van der Waals surface area contributed by atoms with Crippen molar-refractivity contribution in [2.45, 2.75) is 26.2 Å². The fourth-order valence-electron chi connectivity index (χ4n) is 2.20. The molecule has 1 heterocycles. The second kappa shape index (κ2) is 6.85. The third-order valence-corrected chi connectivity index (χ3v) is 3.39. The maximum Gasteiger partial charge on any atom is 0.269 e. The highest BCUT2D eigenvalue weighted by Gasteiger charge is 2.12. The zero-order valence-corrected chi connectivity index (χ0v) is 12.0. The minimum atomic E-state index is -0.108. The first-order valence-corrected chi connectivity index (χ1v) is 6.97. The van der Waals surface area contributed by atoms with Crippen LogP contribution in [0.5, 0.6) is 0 Å². The lowest BCUT2D eigenvalue weighted by Gasteiger charge is -2.16. The van der Waals surface area contributed by atoms with Crippen LogP contribution in [-0.2, 0) is 0 Å². The molecule has 1 aromatic heterocycles. The summed E-state index contributed by atoms with van der Waals surface area (Å²) in [7, 11) is 0. The monoisotopic (exact) mass is 268 g/mol. The molecule has 0 saturated heterocycles. The van der Waals surface area contributed by atoms with Crippen molar-refractivity contribution in [3.63, 3.8) is 0 Å². The number of amides is 1. The van der Waals surface area contributed by atoms with Gasteiger partial charge in [0.2, 0.25) is 0 Å². The van der Waals surface area contributed by atoms with Gasteiger partial charge in [-0.3, -0.25) is 4.79 Å². The number of pyridine rings is 1. The van der Waals surface area contributed by atoms with E-state index in [0.717, 1.165) is 12.1 Å².